The standard InChI is InChI=1S/C14H20N6O2/c1-19(2)9-13(21)8-15-14(22)7-11-3-5-12(6-4-11)20-10-16-17-18-20/h3-6,10,13,21H,7-9H2,1-2H3,(H,15,22). The number of nitrogens with one attached hydrogen (secondary N) is 1. The van der Waals surface area contributed by atoms with Crippen LogP contribution in [0.2, 0.25) is 0 Å². The van der Waals surface area contributed by atoms with Gasteiger partial charge in [0.25, 0.3) is 0 Å². The third kappa shape index (κ3) is 4.90. The summed E-state index contributed by atoms with van der Waals surface area (Å²) in [7, 11) is 3.74. The van der Waals surface area contributed by atoms with Gasteiger partial charge in [0.2, 0.25) is 5.91 Å². The first-order chi connectivity index (χ1) is 10.5. The minimum absolute atomic E-state index is 0.118. The number of likely N-dealkylation sites (N-methyl/N-ethyl adjacent to an activating group) is 1. The fourth-order valence-corrected chi connectivity index (χ4v) is 2.01. The monoisotopic (exact) mass is 304 g/mol. The molecule has 1 heterocycles. The molecule has 1 aromatic heterocycles. The fourth-order valence-electron chi connectivity index (χ4n) is 2.01. The molecule has 8 nitrogen and oxygen atoms in total. The van der Waals surface area contributed by atoms with Gasteiger partial charge in [-0.3, -0.25) is 4.79 Å². The molecule has 0 radical (unpaired) electrons. The van der Waals surface area contributed by atoms with Crippen molar-refractivity contribution in [3.05, 3.63) is 36.2 Å². The summed E-state index contributed by atoms with van der Waals surface area (Å²) in [4.78, 5) is 13.7. The molecular formula is C14H20N6O2. The predicted molar refractivity (Wildman–Crippen MR) is 80.4 cm³/mol. The summed E-state index contributed by atoms with van der Waals surface area (Å²) in [6.45, 7) is 0.765. The van der Waals surface area contributed by atoms with Crippen molar-refractivity contribution in [2.75, 3.05) is 27.2 Å². The van der Waals surface area contributed by atoms with Crippen LogP contribution in [0.1, 0.15) is 5.56 Å². The lowest BCUT2D eigenvalue weighted by Crippen LogP contribution is -2.38. The topological polar surface area (TPSA) is 96.2 Å². The summed E-state index contributed by atoms with van der Waals surface area (Å²) in [5.74, 6) is -0.118. The second-order valence-electron chi connectivity index (χ2n) is 5.32. The molecule has 2 N–H and O–H groups in total. The van der Waals surface area contributed by atoms with Gasteiger partial charge in [0.05, 0.1) is 18.2 Å². The fraction of sp³-hybridized carbons (Fsp3) is 0.429. The van der Waals surface area contributed by atoms with E-state index in [1.807, 2.05) is 43.3 Å². The van der Waals surface area contributed by atoms with E-state index in [0.29, 0.717) is 6.54 Å². The molecule has 1 unspecified atom stereocenters. The van der Waals surface area contributed by atoms with Gasteiger partial charge in [0, 0.05) is 13.1 Å². The van der Waals surface area contributed by atoms with Crippen LogP contribution < -0.4 is 5.32 Å². The molecule has 0 fully saturated rings. The van der Waals surface area contributed by atoms with Gasteiger partial charge >= 0.3 is 0 Å². The number of rotatable bonds is 7. The van der Waals surface area contributed by atoms with Gasteiger partial charge in [-0.1, -0.05) is 12.1 Å². The second kappa shape index (κ2) is 7.62. The Labute approximate surface area is 128 Å². The van der Waals surface area contributed by atoms with Crippen molar-refractivity contribution >= 4 is 5.91 Å². The van der Waals surface area contributed by atoms with E-state index >= 15 is 0 Å². The largest absolute Gasteiger partial charge is 0.390 e. The minimum atomic E-state index is -0.568. The molecule has 8 heteroatoms. The average molecular weight is 304 g/mol. The van der Waals surface area contributed by atoms with Crippen molar-refractivity contribution in [2.45, 2.75) is 12.5 Å². The Bertz CT molecular complexity index is 582. The Kier molecular flexibility index (Phi) is 5.56. The third-order valence-corrected chi connectivity index (χ3v) is 3.03. The maximum Gasteiger partial charge on any atom is 0.224 e. The van der Waals surface area contributed by atoms with E-state index in [2.05, 4.69) is 20.8 Å². The van der Waals surface area contributed by atoms with Gasteiger partial charge in [0.1, 0.15) is 6.33 Å². The molecule has 1 amide bonds. The van der Waals surface area contributed by atoms with Gasteiger partial charge in [0.15, 0.2) is 0 Å². The Morgan fingerprint density at radius 2 is 2.09 bits per heavy atom. The number of aliphatic hydroxyl groups is 1. The zero-order valence-corrected chi connectivity index (χ0v) is 12.7. The van der Waals surface area contributed by atoms with E-state index in [4.69, 9.17) is 0 Å². The van der Waals surface area contributed by atoms with Crippen molar-refractivity contribution in [1.29, 1.82) is 0 Å². The van der Waals surface area contributed by atoms with Crippen LogP contribution >= 0.6 is 0 Å². The van der Waals surface area contributed by atoms with Gasteiger partial charge in [-0.2, -0.15) is 0 Å². The summed E-state index contributed by atoms with van der Waals surface area (Å²) in [6, 6.07) is 7.40. The first-order valence-corrected chi connectivity index (χ1v) is 6.96. The Hall–Kier alpha value is -2.32. The smallest absolute Gasteiger partial charge is 0.224 e. The van der Waals surface area contributed by atoms with E-state index in [1.54, 1.807) is 4.68 Å². The highest BCUT2D eigenvalue weighted by molar-refractivity contribution is 5.78. The number of hydrogen-bond acceptors (Lipinski definition) is 6. The Balaban J connectivity index is 1.82. The van der Waals surface area contributed by atoms with Gasteiger partial charge < -0.3 is 15.3 Å². The molecule has 0 saturated heterocycles. The summed E-state index contributed by atoms with van der Waals surface area (Å²) in [6.07, 6.45) is 1.21. The lowest BCUT2D eigenvalue weighted by Gasteiger charge is -2.16. The molecule has 118 valence electrons. The van der Waals surface area contributed by atoms with Crippen LogP contribution in [-0.4, -0.2) is 69.4 Å². The van der Waals surface area contributed by atoms with Crippen LogP contribution in [0.5, 0.6) is 0 Å². The molecule has 0 aliphatic heterocycles. The maximum absolute atomic E-state index is 11.8. The van der Waals surface area contributed by atoms with Crippen LogP contribution in [0.25, 0.3) is 5.69 Å². The molecule has 1 atom stereocenters. The van der Waals surface area contributed by atoms with E-state index in [-0.39, 0.29) is 18.9 Å². The minimum Gasteiger partial charge on any atom is -0.390 e. The van der Waals surface area contributed by atoms with Crippen LogP contribution in [-0.2, 0) is 11.2 Å². The molecule has 22 heavy (non-hydrogen) atoms. The number of amides is 1. The van der Waals surface area contributed by atoms with E-state index in [0.717, 1.165) is 11.3 Å². The Morgan fingerprint density at radius 1 is 1.36 bits per heavy atom. The lowest BCUT2D eigenvalue weighted by atomic mass is 10.1. The highest BCUT2D eigenvalue weighted by atomic mass is 16.3. The highest BCUT2D eigenvalue weighted by Gasteiger charge is 2.09. The predicted octanol–water partition coefficient (Wildman–Crippen LogP) is -0.756. The molecule has 0 aliphatic rings. The molecular weight excluding hydrogens is 284 g/mol. The van der Waals surface area contributed by atoms with E-state index in [9.17, 15) is 9.90 Å². The zero-order valence-electron chi connectivity index (χ0n) is 12.7. The molecule has 0 saturated carbocycles. The number of aromatic nitrogens is 4. The summed E-state index contributed by atoms with van der Waals surface area (Å²) >= 11 is 0. The van der Waals surface area contributed by atoms with Crippen LogP contribution in [0.15, 0.2) is 30.6 Å². The van der Waals surface area contributed by atoms with Crippen molar-refractivity contribution in [2.24, 2.45) is 0 Å². The first kappa shape index (κ1) is 16.1. The van der Waals surface area contributed by atoms with Crippen molar-refractivity contribution in [3.8, 4) is 5.69 Å². The number of hydrogen-bond donors (Lipinski definition) is 2. The highest BCUT2D eigenvalue weighted by Crippen LogP contribution is 2.08. The molecule has 1 aromatic carbocycles. The number of carbonyl (C=O) groups is 1. The van der Waals surface area contributed by atoms with Crippen LogP contribution in [0.3, 0.4) is 0 Å². The van der Waals surface area contributed by atoms with Crippen molar-refractivity contribution in [1.82, 2.24) is 30.4 Å². The van der Waals surface area contributed by atoms with Gasteiger partial charge in [-0.15, -0.1) is 5.10 Å². The normalized spacial score (nSPS) is 12.4. The van der Waals surface area contributed by atoms with Gasteiger partial charge in [-0.25, -0.2) is 4.68 Å². The molecule has 2 rings (SSSR count). The SMILES string of the molecule is CN(C)CC(O)CNC(=O)Cc1ccc(-n2cnnn2)cc1. The summed E-state index contributed by atoms with van der Waals surface area (Å²) in [5.41, 5.74) is 1.71. The summed E-state index contributed by atoms with van der Waals surface area (Å²) < 4.78 is 1.54. The summed E-state index contributed by atoms with van der Waals surface area (Å²) in [5, 5.41) is 23.4. The number of aliphatic hydroxyl groups excluding tert-OH is 1. The molecule has 2 aromatic rings. The molecule has 0 aliphatic carbocycles. The number of carbonyl (C=O) groups excluding carboxylic acids is 1. The van der Waals surface area contributed by atoms with E-state index in [1.165, 1.54) is 6.33 Å². The Morgan fingerprint density at radius 3 is 2.68 bits per heavy atom. The zero-order chi connectivity index (χ0) is 15.9. The van der Waals surface area contributed by atoms with E-state index < -0.39 is 6.10 Å². The number of benzene rings is 1. The lowest BCUT2D eigenvalue weighted by molar-refractivity contribution is -0.120. The van der Waals surface area contributed by atoms with Crippen molar-refractivity contribution < 1.29 is 9.90 Å². The van der Waals surface area contributed by atoms with Gasteiger partial charge in [-0.05, 0) is 42.2 Å². The van der Waals surface area contributed by atoms with Crippen LogP contribution in [0.4, 0.5) is 0 Å². The first-order valence-electron chi connectivity index (χ1n) is 6.96. The second-order valence-corrected chi connectivity index (χ2v) is 5.32. The maximum atomic E-state index is 11.8. The van der Waals surface area contributed by atoms with Crippen molar-refractivity contribution in [3.63, 3.8) is 0 Å². The average Bonchev–Trinajstić information content (AvgIpc) is 2.99. The number of nitrogens with zero attached hydrogens (tertiary/aromatic N) is 5. The molecule has 0 bridgehead atoms. The number of tetrazole rings is 1. The third-order valence-electron chi connectivity index (χ3n) is 3.03. The molecule has 0 spiro atoms. The van der Waals surface area contributed by atoms with Crippen LogP contribution in [0, 0.1) is 0 Å². The quantitative estimate of drug-likeness (QED) is 0.698.